The first-order valence-electron chi connectivity index (χ1n) is 7.16. The highest BCUT2D eigenvalue weighted by Gasteiger charge is 2.33. The molecule has 1 unspecified atom stereocenters. The molecule has 2 aromatic heterocycles. The molecule has 2 aromatic rings. The number of thiophene rings is 1. The highest BCUT2D eigenvalue weighted by Crippen LogP contribution is 2.30. The molecular formula is C15H17N3O3S. The largest absolute Gasteiger partial charge is 0.481 e. The average molecular weight is 319 g/mol. The first-order chi connectivity index (χ1) is 10.6. The number of hydrogen-bond donors (Lipinski definition) is 1. The number of aromatic nitrogens is 2. The Bertz CT molecular complexity index is 693. The number of likely N-dealkylation sites (tertiary alicyclic amines) is 1. The van der Waals surface area contributed by atoms with E-state index in [-0.39, 0.29) is 18.4 Å². The lowest BCUT2D eigenvalue weighted by molar-refractivity contribution is -0.137. The molecule has 1 atom stereocenters. The molecule has 1 amide bonds. The maximum Gasteiger partial charge on any atom is 0.305 e. The van der Waals surface area contributed by atoms with Crippen LogP contribution in [0.1, 0.15) is 29.6 Å². The van der Waals surface area contributed by atoms with E-state index >= 15 is 0 Å². The molecule has 6 nitrogen and oxygen atoms in total. The molecule has 116 valence electrons. The topological polar surface area (TPSA) is 75.4 Å². The lowest BCUT2D eigenvalue weighted by atomic mass is 10.1. The predicted octanol–water partition coefficient (Wildman–Crippen LogP) is 2.23. The standard InChI is InChI=1S/C15H17N3O3S/c1-17-9-11(14(16-17)12-5-3-7-22-12)15(21)18-6-2-4-10(18)8-13(19)20/h3,5,7,9-10H,2,4,6,8H2,1H3,(H,19,20). The van der Waals surface area contributed by atoms with E-state index in [1.54, 1.807) is 22.8 Å². The maximum atomic E-state index is 12.9. The molecule has 3 heterocycles. The molecule has 0 aliphatic carbocycles. The van der Waals surface area contributed by atoms with Crippen molar-refractivity contribution in [2.24, 2.45) is 7.05 Å². The first-order valence-corrected chi connectivity index (χ1v) is 8.04. The minimum absolute atomic E-state index is 0.000335. The fraction of sp³-hybridized carbons (Fsp3) is 0.400. The quantitative estimate of drug-likeness (QED) is 0.937. The molecule has 0 bridgehead atoms. The molecule has 1 N–H and O–H groups in total. The van der Waals surface area contributed by atoms with Gasteiger partial charge in [-0.15, -0.1) is 11.3 Å². The van der Waals surface area contributed by atoms with Crippen LogP contribution in [-0.4, -0.2) is 44.3 Å². The molecule has 1 saturated heterocycles. The summed E-state index contributed by atoms with van der Waals surface area (Å²) in [5, 5.41) is 15.3. The van der Waals surface area contributed by atoms with Crippen LogP contribution in [0, 0.1) is 0 Å². The summed E-state index contributed by atoms with van der Waals surface area (Å²) in [4.78, 5) is 26.4. The Morgan fingerprint density at radius 1 is 1.50 bits per heavy atom. The summed E-state index contributed by atoms with van der Waals surface area (Å²) >= 11 is 1.53. The monoisotopic (exact) mass is 319 g/mol. The second-order valence-electron chi connectivity index (χ2n) is 5.43. The van der Waals surface area contributed by atoms with E-state index < -0.39 is 5.97 Å². The maximum absolute atomic E-state index is 12.9. The Labute approximate surface area is 132 Å². The Morgan fingerprint density at radius 3 is 3.00 bits per heavy atom. The number of nitrogens with zero attached hydrogens (tertiary/aromatic N) is 3. The van der Waals surface area contributed by atoms with Gasteiger partial charge in [-0.1, -0.05) is 6.07 Å². The molecule has 0 spiro atoms. The molecular weight excluding hydrogens is 302 g/mol. The summed E-state index contributed by atoms with van der Waals surface area (Å²) in [5.41, 5.74) is 1.21. The molecule has 22 heavy (non-hydrogen) atoms. The Morgan fingerprint density at radius 2 is 2.32 bits per heavy atom. The van der Waals surface area contributed by atoms with Crippen LogP contribution >= 0.6 is 11.3 Å². The summed E-state index contributed by atoms with van der Waals surface area (Å²) in [6.07, 6.45) is 3.30. The van der Waals surface area contributed by atoms with Crippen molar-refractivity contribution in [3.63, 3.8) is 0 Å². The zero-order valence-electron chi connectivity index (χ0n) is 12.2. The summed E-state index contributed by atoms with van der Waals surface area (Å²) < 4.78 is 1.63. The van der Waals surface area contributed by atoms with Crippen LogP contribution < -0.4 is 0 Å². The van der Waals surface area contributed by atoms with Crippen LogP contribution in [0.15, 0.2) is 23.7 Å². The fourth-order valence-electron chi connectivity index (χ4n) is 2.91. The molecule has 7 heteroatoms. The van der Waals surface area contributed by atoms with E-state index in [0.29, 0.717) is 17.8 Å². The summed E-state index contributed by atoms with van der Waals surface area (Å²) in [5.74, 6) is -0.991. The van der Waals surface area contributed by atoms with Gasteiger partial charge in [0.2, 0.25) is 0 Å². The van der Waals surface area contributed by atoms with Gasteiger partial charge in [0.1, 0.15) is 5.69 Å². The summed E-state index contributed by atoms with van der Waals surface area (Å²) in [6, 6.07) is 3.63. The Balaban J connectivity index is 1.91. The van der Waals surface area contributed by atoms with Crippen LogP contribution in [0.3, 0.4) is 0 Å². The van der Waals surface area contributed by atoms with Crippen molar-refractivity contribution >= 4 is 23.2 Å². The van der Waals surface area contributed by atoms with Crippen molar-refractivity contribution in [3.8, 4) is 10.6 Å². The highest BCUT2D eigenvalue weighted by atomic mass is 32.1. The lowest BCUT2D eigenvalue weighted by Gasteiger charge is -2.23. The molecule has 1 aliphatic rings. The van der Waals surface area contributed by atoms with Gasteiger partial charge in [-0.25, -0.2) is 0 Å². The minimum Gasteiger partial charge on any atom is -0.481 e. The molecule has 0 saturated carbocycles. The molecule has 0 radical (unpaired) electrons. The van der Waals surface area contributed by atoms with Gasteiger partial charge in [-0.05, 0) is 24.3 Å². The second-order valence-corrected chi connectivity index (χ2v) is 6.38. The lowest BCUT2D eigenvalue weighted by Crippen LogP contribution is -2.36. The smallest absolute Gasteiger partial charge is 0.305 e. The van der Waals surface area contributed by atoms with Gasteiger partial charge in [0.25, 0.3) is 5.91 Å². The van der Waals surface area contributed by atoms with Gasteiger partial charge in [0, 0.05) is 25.8 Å². The zero-order chi connectivity index (χ0) is 15.7. The third-order valence-corrected chi connectivity index (χ3v) is 4.74. The van der Waals surface area contributed by atoms with E-state index in [4.69, 9.17) is 5.11 Å². The van der Waals surface area contributed by atoms with E-state index in [0.717, 1.165) is 17.7 Å². The number of aliphatic carboxylic acids is 1. The fourth-order valence-corrected chi connectivity index (χ4v) is 3.64. The van der Waals surface area contributed by atoms with Crippen LogP contribution in [0.25, 0.3) is 10.6 Å². The van der Waals surface area contributed by atoms with E-state index in [2.05, 4.69) is 5.10 Å². The first kappa shape index (κ1) is 14.8. The van der Waals surface area contributed by atoms with Crippen LogP contribution in [0.5, 0.6) is 0 Å². The van der Waals surface area contributed by atoms with Crippen LogP contribution in [0.2, 0.25) is 0 Å². The highest BCUT2D eigenvalue weighted by molar-refractivity contribution is 7.13. The van der Waals surface area contributed by atoms with E-state index in [1.807, 2.05) is 17.5 Å². The van der Waals surface area contributed by atoms with Crippen molar-refractivity contribution < 1.29 is 14.7 Å². The molecule has 1 aliphatic heterocycles. The third kappa shape index (κ3) is 2.76. The van der Waals surface area contributed by atoms with Gasteiger partial charge in [-0.3, -0.25) is 14.3 Å². The van der Waals surface area contributed by atoms with Crippen LogP contribution in [0.4, 0.5) is 0 Å². The number of carbonyl (C=O) groups excluding carboxylic acids is 1. The number of carbonyl (C=O) groups is 2. The normalized spacial score (nSPS) is 17.9. The SMILES string of the molecule is Cn1cc(C(=O)N2CCCC2CC(=O)O)c(-c2cccs2)n1. The number of carboxylic acid groups (broad SMARTS) is 1. The number of carboxylic acids is 1. The Kier molecular flexibility index (Phi) is 3.98. The Hall–Kier alpha value is -2.15. The molecule has 1 fully saturated rings. The number of hydrogen-bond acceptors (Lipinski definition) is 4. The van der Waals surface area contributed by atoms with Gasteiger partial charge in [-0.2, -0.15) is 5.10 Å². The van der Waals surface area contributed by atoms with Crippen molar-refractivity contribution in [1.82, 2.24) is 14.7 Å². The summed E-state index contributed by atoms with van der Waals surface area (Å²) in [7, 11) is 1.78. The molecule has 0 aromatic carbocycles. The van der Waals surface area contributed by atoms with E-state index in [1.165, 1.54) is 11.3 Å². The molecule has 3 rings (SSSR count). The van der Waals surface area contributed by atoms with Crippen LogP contribution in [-0.2, 0) is 11.8 Å². The van der Waals surface area contributed by atoms with Gasteiger partial charge < -0.3 is 10.0 Å². The second kappa shape index (κ2) is 5.92. The van der Waals surface area contributed by atoms with Crippen molar-refractivity contribution in [3.05, 3.63) is 29.3 Å². The summed E-state index contributed by atoms with van der Waals surface area (Å²) in [6.45, 7) is 0.607. The van der Waals surface area contributed by atoms with Crippen molar-refractivity contribution in [2.75, 3.05) is 6.54 Å². The van der Waals surface area contributed by atoms with Gasteiger partial charge >= 0.3 is 5.97 Å². The van der Waals surface area contributed by atoms with Crippen molar-refractivity contribution in [2.45, 2.75) is 25.3 Å². The number of amides is 1. The zero-order valence-corrected chi connectivity index (χ0v) is 13.0. The predicted molar refractivity (Wildman–Crippen MR) is 82.8 cm³/mol. The average Bonchev–Trinajstić information content (AvgIpc) is 3.16. The van der Waals surface area contributed by atoms with Gasteiger partial charge in [0.15, 0.2) is 0 Å². The van der Waals surface area contributed by atoms with Crippen molar-refractivity contribution in [1.29, 1.82) is 0 Å². The van der Waals surface area contributed by atoms with E-state index in [9.17, 15) is 9.59 Å². The third-order valence-electron chi connectivity index (χ3n) is 3.86. The van der Waals surface area contributed by atoms with Gasteiger partial charge in [0.05, 0.1) is 16.9 Å². The minimum atomic E-state index is -0.866. The number of rotatable bonds is 4. The number of aryl methyl sites for hydroxylation is 1.